The van der Waals surface area contributed by atoms with Gasteiger partial charge in [-0.25, -0.2) is 4.79 Å². The van der Waals surface area contributed by atoms with Crippen molar-refractivity contribution in [1.29, 1.82) is 0 Å². The molecule has 0 radical (unpaired) electrons. The molecular weight excluding hydrogens is 350 g/mol. The van der Waals surface area contributed by atoms with E-state index in [9.17, 15) is 9.59 Å². The van der Waals surface area contributed by atoms with Crippen LogP contribution in [0.2, 0.25) is 0 Å². The minimum atomic E-state index is -0.383. The molecule has 6 heteroatoms. The molecule has 1 aliphatic rings. The van der Waals surface area contributed by atoms with Crippen LogP contribution in [0.25, 0.3) is 4.91 Å². The van der Waals surface area contributed by atoms with E-state index in [0.29, 0.717) is 30.2 Å². The Morgan fingerprint density at radius 2 is 1.85 bits per heavy atom. The van der Waals surface area contributed by atoms with Crippen molar-refractivity contribution >= 4 is 34.2 Å². The van der Waals surface area contributed by atoms with Gasteiger partial charge in [-0.1, -0.05) is 30.3 Å². The summed E-state index contributed by atoms with van der Waals surface area (Å²) in [5.74, 6) is 0.434. The Morgan fingerprint density at radius 1 is 1.12 bits per heavy atom. The van der Waals surface area contributed by atoms with Gasteiger partial charge in [0.2, 0.25) is 0 Å². The zero-order valence-corrected chi connectivity index (χ0v) is 15.2. The van der Waals surface area contributed by atoms with Crippen LogP contribution in [0.1, 0.15) is 22.8 Å². The lowest BCUT2D eigenvalue weighted by Crippen LogP contribution is -2.21. The van der Waals surface area contributed by atoms with Gasteiger partial charge in [-0.3, -0.25) is 4.79 Å². The number of carbonyl (C=O) groups excluding carboxylic acids is 2. The third-order valence-electron chi connectivity index (χ3n) is 3.68. The average molecular weight is 369 g/mol. The van der Waals surface area contributed by atoms with Gasteiger partial charge < -0.3 is 14.8 Å². The maximum absolute atomic E-state index is 12.7. The number of amides is 1. The molecule has 5 nitrogen and oxygen atoms in total. The molecule has 1 N–H and O–H groups in total. The highest BCUT2D eigenvalue weighted by molar-refractivity contribution is 8.08. The fraction of sp³-hybridized carbons (Fsp3) is 0.200. The summed E-state index contributed by atoms with van der Waals surface area (Å²) in [5.41, 5.74) is 1.99. The van der Waals surface area contributed by atoms with E-state index in [-0.39, 0.29) is 11.9 Å². The van der Waals surface area contributed by atoms with Gasteiger partial charge in [-0.15, -0.1) is 11.8 Å². The lowest BCUT2D eigenvalue weighted by molar-refractivity contribution is -0.115. The van der Waals surface area contributed by atoms with Crippen LogP contribution in [0.4, 0.5) is 5.69 Å². The molecule has 2 aromatic rings. The molecule has 0 saturated heterocycles. The van der Waals surface area contributed by atoms with Gasteiger partial charge in [0.05, 0.1) is 23.7 Å². The molecule has 0 spiro atoms. The SMILES string of the molecule is CCOC(=O)c1ccc(NC(=O)C2=C(c3ccccc3)SCCO2)cc1. The lowest BCUT2D eigenvalue weighted by atomic mass is 10.2. The second-order valence-electron chi connectivity index (χ2n) is 5.47. The fourth-order valence-corrected chi connectivity index (χ4v) is 3.44. The monoisotopic (exact) mass is 369 g/mol. The summed E-state index contributed by atoms with van der Waals surface area (Å²) in [6.45, 7) is 2.57. The molecule has 134 valence electrons. The summed E-state index contributed by atoms with van der Waals surface area (Å²) in [5, 5.41) is 2.82. The van der Waals surface area contributed by atoms with Crippen molar-refractivity contribution in [1.82, 2.24) is 0 Å². The number of hydrogen-bond donors (Lipinski definition) is 1. The topological polar surface area (TPSA) is 64.6 Å². The van der Waals surface area contributed by atoms with Crippen LogP contribution in [0.3, 0.4) is 0 Å². The van der Waals surface area contributed by atoms with E-state index in [1.807, 2.05) is 30.3 Å². The smallest absolute Gasteiger partial charge is 0.338 e. The maximum Gasteiger partial charge on any atom is 0.338 e. The molecule has 0 bridgehead atoms. The average Bonchev–Trinajstić information content (AvgIpc) is 2.69. The van der Waals surface area contributed by atoms with Gasteiger partial charge >= 0.3 is 5.97 Å². The standard InChI is InChI=1S/C20H19NO4S/c1-2-24-20(23)15-8-10-16(11-9-15)21-19(22)17-18(26-13-12-25-17)14-6-4-3-5-7-14/h3-11H,2,12-13H2,1H3,(H,21,22). The van der Waals surface area contributed by atoms with Gasteiger partial charge in [0, 0.05) is 11.4 Å². The Kier molecular flexibility index (Phi) is 5.96. The van der Waals surface area contributed by atoms with Crippen molar-refractivity contribution in [2.24, 2.45) is 0 Å². The second-order valence-corrected chi connectivity index (χ2v) is 6.58. The van der Waals surface area contributed by atoms with Crippen LogP contribution in [-0.4, -0.2) is 30.8 Å². The number of rotatable bonds is 5. The largest absolute Gasteiger partial charge is 0.486 e. The first-order chi connectivity index (χ1) is 12.7. The highest BCUT2D eigenvalue weighted by atomic mass is 32.2. The zero-order valence-electron chi connectivity index (χ0n) is 14.4. The molecule has 0 aromatic heterocycles. The molecule has 1 aliphatic heterocycles. The van der Waals surface area contributed by atoms with Crippen LogP contribution < -0.4 is 5.32 Å². The summed E-state index contributed by atoms with van der Waals surface area (Å²) < 4.78 is 10.6. The number of nitrogens with one attached hydrogen (secondary N) is 1. The number of thioether (sulfide) groups is 1. The lowest BCUT2D eigenvalue weighted by Gasteiger charge is -2.20. The van der Waals surface area contributed by atoms with E-state index in [0.717, 1.165) is 16.2 Å². The predicted octanol–water partition coefficient (Wildman–Crippen LogP) is 3.93. The van der Waals surface area contributed by atoms with Crippen LogP contribution >= 0.6 is 11.8 Å². The minimum Gasteiger partial charge on any atom is -0.486 e. The molecular formula is C20H19NO4S. The van der Waals surface area contributed by atoms with Crippen molar-refractivity contribution in [3.8, 4) is 0 Å². The fourth-order valence-electron chi connectivity index (χ4n) is 2.48. The number of anilines is 1. The summed E-state index contributed by atoms with van der Waals surface area (Å²) in [6, 6.07) is 16.3. The van der Waals surface area contributed by atoms with Crippen molar-refractivity contribution in [2.75, 3.05) is 24.3 Å². The Balaban J connectivity index is 1.78. The summed E-state index contributed by atoms with van der Waals surface area (Å²) >= 11 is 1.61. The Labute approximate surface area is 156 Å². The zero-order chi connectivity index (χ0) is 18.4. The Bertz CT molecular complexity index is 815. The molecule has 0 saturated carbocycles. The maximum atomic E-state index is 12.7. The van der Waals surface area contributed by atoms with E-state index in [1.54, 1.807) is 43.0 Å². The van der Waals surface area contributed by atoms with Crippen molar-refractivity contribution < 1.29 is 19.1 Å². The molecule has 0 atom stereocenters. The quantitative estimate of drug-likeness (QED) is 0.809. The predicted molar refractivity (Wildman–Crippen MR) is 103 cm³/mol. The van der Waals surface area contributed by atoms with E-state index < -0.39 is 0 Å². The number of benzene rings is 2. The summed E-state index contributed by atoms with van der Waals surface area (Å²) in [6.07, 6.45) is 0. The number of hydrogen-bond acceptors (Lipinski definition) is 5. The highest BCUT2D eigenvalue weighted by Crippen LogP contribution is 2.35. The molecule has 0 fully saturated rings. The van der Waals surface area contributed by atoms with E-state index in [1.165, 1.54) is 0 Å². The Morgan fingerprint density at radius 3 is 2.54 bits per heavy atom. The first kappa shape index (κ1) is 18.1. The van der Waals surface area contributed by atoms with E-state index in [4.69, 9.17) is 9.47 Å². The van der Waals surface area contributed by atoms with Gasteiger partial charge in [0.1, 0.15) is 0 Å². The first-order valence-corrected chi connectivity index (χ1v) is 9.31. The van der Waals surface area contributed by atoms with Crippen LogP contribution in [0.15, 0.2) is 60.4 Å². The third kappa shape index (κ3) is 4.26. The van der Waals surface area contributed by atoms with Crippen LogP contribution in [0, 0.1) is 0 Å². The second kappa shape index (κ2) is 8.58. The van der Waals surface area contributed by atoms with Gasteiger partial charge in [0.25, 0.3) is 5.91 Å². The van der Waals surface area contributed by atoms with E-state index >= 15 is 0 Å². The molecule has 1 amide bonds. The van der Waals surface area contributed by atoms with Gasteiger partial charge in [0.15, 0.2) is 5.76 Å². The molecule has 2 aromatic carbocycles. The number of esters is 1. The molecule has 0 unspecified atom stereocenters. The molecule has 3 rings (SSSR count). The first-order valence-electron chi connectivity index (χ1n) is 8.33. The van der Waals surface area contributed by atoms with Gasteiger partial charge in [-0.2, -0.15) is 0 Å². The van der Waals surface area contributed by atoms with Crippen molar-refractivity contribution in [3.05, 3.63) is 71.5 Å². The molecule has 1 heterocycles. The van der Waals surface area contributed by atoms with E-state index in [2.05, 4.69) is 5.32 Å². The third-order valence-corrected chi connectivity index (χ3v) is 4.76. The minimum absolute atomic E-state index is 0.306. The number of carbonyl (C=O) groups is 2. The molecule has 0 aliphatic carbocycles. The summed E-state index contributed by atoms with van der Waals surface area (Å²) in [4.78, 5) is 25.2. The Hall–Kier alpha value is -2.73. The summed E-state index contributed by atoms with van der Waals surface area (Å²) in [7, 11) is 0. The van der Waals surface area contributed by atoms with Gasteiger partial charge in [-0.05, 0) is 36.8 Å². The highest BCUT2D eigenvalue weighted by Gasteiger charge is 2.23. The van der Waals surface area contributed by atoms with Crippen LogP contribution in [0.5, 0.6) is 0 Å². The number of ether oxygens (including phenoxy) is 2. The molecule has 26 heavy (non-hydrogen) atoms. The van der Waals surface area contributed by atoms with Crippen molar-refractivity contribution in [2.45, 2.75) is 6.92 Å². The van der Waals surface area contributed by atoms with Crippen molar-refractivity contribution in [3.63, 3.8) is 0 Å². The normalized spacial score (nSPS) is 13.7. The van der Waals surface area contributed by atoms with Crippen LogP contribution in [-0.2, 0) is 14.3 Å².